The van der Waals surface area contributed by atoms with E-state index in [-0.39, 0.29) is 23.5 Å². The van der Waals surface area contributed by atoms with E-state index < -0.39 is 5.97 Å². The summed E-state index contributed by atoms with van der Waals surface area (Å²) in [5, 5.41) is 21.5. The molecular weight excluding hydrogens is 258 g/mol. The van der Waals surface area contributed by atoms with Gasteiger partial charge in [0.1, 0.15) is 0 Å². The van der Waals surface area contributed by atoms with E-state index >= 15 is 0 Å². The van der Waals surface area contributed by atoms with Crippen molar-refractivity contribution in [1.82, 2.24) is 5.32 Å². The zero-order valence-electron chi connectivity index (χ0n) is 11.2. The number of nitrogens with one attached hydrogen (secondary N) is 1. The lowest BCUT2D eigenvalue weighted by molar-refractivity contribution is 0.0662. The van der Waals surface area contributed by atoms with E-state index in [1.54, 1.807) is 12.1 Å². The van der Waals surface area contributed by atoms with Crippen LogP contribution >= 0.6 is 0 Å². The minimum Gasteiger partial charge on any atom is -0.478 e. The van der Waals surface area contributed by atoms with Gasteiger partial charge in [0, 0.05) is 18.0 Å². The van der Waals surface area contributed by atoms with E-state index in [2.05, 4.69) is 5.32 Å². The maximum atomic E-state index is 12.0. The predicted molar refractivity (Wildman–Crippen MR) is 73.7 cm³/mol. The monoisotopic (exact) mass is 277 g/mol. The van der Waals surface area contributed by atoms with Gasteiger partial charge >= 0.3 is 5.97 Å². The van der Waals surface area contributed by atoms with Gasteiger partial charge in [-0.05, 0) is 31.0 Å². The Kier molecular flexibility index (Phi) is 4.74. The summed E-state index contributed by atoms with van der Waals surface area (Å²) in [6, 6.07) is 5.94. The average molecular weight is 277 g/mol. The number of carboxylic acids is 1. The van der Waals surface area contributed by atoms with Crippen LogP contribution in [-0.2, 0) is 0 Å². The highest BCUT2D eigenvalue weighted by atomic mass is 16.4. The highest BCUT2D eigenvalue weighted by Gasteiger charge is 2.23. The van der Waals surface area contributed by atoms with Crippen molar-refractivity contribution < 1.29 is 19.8 Å². The summed E-state index contributed by atoms with van der Waals surface area (Å²) in [7, 11) is 0. The third kappa shape index (κ3) is 3.57. The van der Waals surface area contributed by atoms with Gasteiger partial charge in [0.25, 0.3) is 5.91 Å². The minimum atomic E-state index is -1.05. The van der Waals surface area contributed by atoms with Crippen LogP contribution in [0, 0.1) is 5.92 Å². The van der Waals surface area contributed by atoms with Gasteiger partial charge in [0.05, 0.1) is 11.7 Å². The van der Waals surface area contributed by atoms with E-state index in [9.17, 15) is 14.7 Å². The Hall–Kier alpha value is -1.88. The summed E-state index contributed by atoms with van der Waals surface area (Å²) in [5.74, 6) is -1.26. The Morgan fingerprint density at radius 1 is 1.20 bits per heavy atom. The molecule has 2 atom stereocenters. The molecule has 0 saturated heterocycles. The number of aliphatic hydroxyl groups excluding tert-OH is 1. The number of rotatable bonds is 4. The van der Waals surface area contributed by atoms with Crippen LogP contribution in [0.5, 0.6) is 0 Å². The van der Waals surface area contributed by atoms with Gasteiger partial charge in [-0.25, -0.2) is 4.79 Å². The number of carbonyl (C=O) groups excluding carboxylic acids is 1. The Morgan fingerprint density at radius 2 is 1.90 bits per heavy atom. The molecule has 1 aromatic rings. The number of benzene rings is 1. The second kappa shape index (κ2) is 6.52. The van der Waals surface area contributed by atoms with E-state index in [1.165, 1.54) is 12.1 Å². The molecule has 0 aliphatic heterocycles. The molecule has 0 unspecified atom stereocenters. The number of hydrogen-bond acceptors (Lipinski definition) is 3. The molecule has 0 heterocycles. The first kappa shape index (κ1) is 14.5. The van der Waals surface area contributed by atoms with Crippen LogP contribution in [0.4, 0.5) is 0 Å². The van der Waals surface area contributed by atoms with Crippen molar-refractivity contribution in [3.05, 3.63) is 35.4 Å². The van der Waals surface area contributed by atoms with Crippen LogP contribution in [0.25, 0.3) is 0 Å². The Balaban J connectivity index is 1.94. The first-order chi connectivity index (χ1) is 9.58. The minimum absolute atomic E-state index is 0.0929. The van der Waals surface area contributed by atoms with E-state index in [1.807, 2.05) is 0 Å². The molecule has 20 heavy (non-hydrogen) atoms. The molecule has 0 aromatic heterocycles. The standard InChI is InChI=1S/C15H19NO4/c17-13-7-2-1-4-12(13)9-16-14(18)10-5-3-6-11(8-10)15(19)20/h3,5-6,8,12-13,17H,1-2,4,7,9H2,(H,16,18)(H,19,20)/t12-,13-/m0/s1. The molecule has 1 aliphatic carbocycles. The Morgan fingerprint density at radius 3 is 2.60 bits per heavy atom. The SMILES string of the molecule is O=C(O)c1cccc(C(=O)NC[C@@H]2CCCC[C@@H]2O)c1. The van der Waals surface area contributed by atoms with Crippen LogP contribution < -0.4 is 5.32 Å². The molecule has 1 saturated carbocycles. The smallest absolute Gasteiger partial charge is 0.335 e. The molecule has 1 amide bonds. The lowest BCUT2D eigenvalue weighted by atomic mass is 9.86. The second-order valence-corrected chi connectivity index (χ2v) is 5.21. The van der Waals surface area contributed by atoms with Crippen molar-refractivity contribution in [2.75, 3.05) is 6.54 Å². The van der Waals surface area contributed by atoms with Crippen molar-refractivity contribution in [1.29, 1.82) is 0 Å². The van der Waals surface area contributed by atoms with Crippen molar-refractivity contribution in [3.8, 4) is 0 Å². The maximum absolute atomic E-state index is 12.0. The zero-order chi connectivity index (χ0) is 14.5. The molecule has 3 N–H and O–H groups in total. The van der Waals surface area contributed by atoms with Crippen molar-refractivity contribution >= 4 is 11.9 Å². The van der Waals surface area contributed by atoms with Gasteiger partial charge in [-0.15, -0.1) is 0 Å². The Labute approximate surface area is 117 Å². The summed E-state index contributed by atoms with van der Waals surface area (Å²) in [4.78, 5) is 22.8. The third-order valence-corrected chi connectivity index (χ3v) is 3.77. The summed E-state index contributed by atoms with van der Waals surface area (Å²) >= 11 is 0. The molecule has 1 aromatic carbocycles. The average Bonchev–Trinajstić information content (AvgIpc) is 2.46. The van der Waals surface area contributed by atoms with E-state index in [4.69, 9.17) is 5.11 Å². The highest BCUT2D eigenvalue weighted by molar-refractivity contribution is 5.97. The first-order valence-corrected chi connectivity index (χ1v) is 6.87. The molecule has 2 rings (SSSR count). The summed E-state index contributed by atoms with van der Waals surface area (Å²) in [6.45, 7) is 0.428. The van der Waals surface area contributed by atoms with Gasteiger partial charge < -0.3 is 15.5 Å². The van der Waals surface area contributed by atoms with Crippen LogP contribution in [0.3, 0.4) is 0 Å². The fourth-order valence-electron chi connectivity index (χ4n) is 2.55. The molecule has 108 valence electrons. The quantitative estimate of drug-likeness (QED) is 0.781. The summed E-state index contributed by atoms with van der Waals surface area (Å²) in [5.41, 5.74) is 0.422. The lowest BCUT2D eigenvalue weighted by Gasteiger charge is -2.27. The summed E-state index contributed by atoms with van der Waals surface area (Å²) in [6.07, 6.45) is 3.46. The molecule has 0 bridgehead atoms. The highest BCUT2D eigenvalue weighted by Crippen LogP contribution is 2.23. The Bertz CT molecular complexity index is 500. The van der Waals surface area contributed by atoms with Crippen molar-refractivity contribution in [2.45, 2.75) is 31.8 Å². The lowest BCUT2D eigenvalue weighted by Crippen LogP contribution is -2.36. The molecular formula is C15H19NO4. The van der Waals surface area contributed by atoms with Gasteiger partial charge in [-0.1, -0.05) is 18.9 Å². The van der Waals surface area contributed by atoms with Crippen molar-refractivity contribution in [3.63, 3.8) is 0 Å². The summed E-state index contributed by atoms with van der Waals surface area (Å²) < 4.78 is 0. The zero-order valence-corrected chi connectivity index (χ0v) is 11.2. The number of hydrogen-bond donors (Lipinski definition) is 3. The molecule has 1 fully saturated rings. The predicted octanol–water partition coefficient (Wildman–Crippen LogP) is 1.67. The van der Waals surface area contributed by atoms with Crippen LogP contribution in [0.1, 0.15) is 46.4 Å². The number of aromatic carboxylic acids is 1. The maximum Gasteiger partial charge on any atom is 0.335 e. The fourth-order valence-corrected chi connectivity index (χ4v) is 2.55. The van der Waals surface area contributed by atoms with Crippen LogP contribution in [0.15, 0.2) is 24.3 Å². The fraction of sp³-hybridized carbons (Fsp3) is 0.467. The normalized spacial score (nSPS) is 22.2. The van der Waals surface area contributed by atoms with E-state index in [0.717, 1.165) is 25.7 Å². The van der Waals surface area contributed by atoms with Gasteiger partial charge in [-0.2, -0.15) is 0 Å². The third-order valence-electron chi connectivity index (χ3n) is 3.77. The largest absolute Gasteiger partial charge is 0.478 e. The molecule has 0 radical (unpaired) electrons. The van der Waals surface area contributed by atoms with Gasteiger partial charge in [0.15, 0.2) is 0 Å². The van der Waals surface area contributed by atoms with Crippen LogP contribution in [-0.4, -0.2) is 34.7 Å². The van der Waals surface area contributed by atoms with Gasteiger partial charge in [-0.3, -0.25) is 4.79 Å². The van der Waals surface area contributed by atoms with Crippen LogP contribution in [0.2, 0.25) is 0 Å². The number of carboxylic acid groups (broad SMARTS) is 1. The number of carbonyl (C=O) groups is 2. The van der Waals surface area contributed by atoms with E-state index in [0.29, 0.717) is 12.1 Å². The number of amides is 1. The second-order valence-electron chi connectivity index (χ2n) is 5.21. The molecule has 1 aliphatic rings. The first-order valence-electron chi connectivity index (χ1n) is 6.87. The molecule has 5 nitrogen and oxygen atoms in total. The molecule has 0 spiro atoms. The topological polar surface area (TPSA) is 86.6 Å². The van der Waals surface area contributed by atoms with Gasteiger partial charge in [0.2, 0.25) is 0 Å². The molecule has 5 heteroatoms. The number of aliphatic hydroxyl groups is 1. The van der Waals surface area contributed by atoms with Crippen molar-refractivity contribution in [2.24, 2.45) is 5.92 Å².